The molecule has 1 saturated heterocycles. The molecule has 0 saturated carbocycles. The van der Waals surface area contributed by atoms with E-state index in [0.717, 1.165) is 24.8 Å². The molecule has 0 spiro atoms. The molecule has 1 heterocycles. The Hall–Kier alpha value is -1.46. The summed E-state index contributed by atoms with van der Waals surface area (Å²) >= 11 is 0. The zero-order valence-electron chi connectivity index (χ0n) is 12.6. The second kappa shape index (κ2) is 7.52. The normalized spacial score (nSPS) is 22.0. The van der Waals surface area contributed by atoms with E-state index in [9.17, 15) is 9.18 Å². The van der Waals surface area contributed by atoms with Gasteiger partial charge in [0.05, 0.1) is 12.6 Å². The summed E-state index contributed by atoms with van der Waals surface area (Å²) in [5, 5.41) is 3.37. The Bertz CT molecular complexity index is 464. The number of hydrogen-bond donors (Lipinski definition) is 1. The van der Waals surface area contributed by atoms with Crippen molar-refractivity contribution in [2.75, 3.05) is 20.3 Å². The van der Waals surface area contributed by atoms with Crippen LogP contribution in [0.2, 0.25) is 0 Å². The number of rotatable bonds is 7. The molecule has 1 aliphatic rings. The van der Waals surface area contributed by atoms with Crippen LogP contribution in [0.15, 0.2) is 24.3 Å². The van der Waals surface area contributed by atoms with Crippen molar-refractivity contribution in [3.63, 3.8) is 0 Å². The number of nitrogens with one attached hydrogen (secondary N) is 1. The van der Waals surface area contributed by atoms with Gasteiger partial charge in [0.15, 0.2) is 0 Å². The number of methoxy groups -OCH3 is 1. The van der Waals surface area contributed by atoms with Crippen molar-refractivity contribution >= 4 is 5.91 Å². The summed E-state index contributed by atoms with van der Waals surface area (Å²) in [6.45, 7) is 3.14. The average molecular weight is 294 g/mol. The zero-order valence-corrected chi connectivity index (χ0v) is 12.6. The van der Waals surface area contributed by atoms with Gasteiger partial charge in [-0.2, -0.15) is 0 Å². The van der Waals surface area contributed by atoms with E-state index in [2.05, 4.69) is 12.2 Å². The first-order chi connectivity index (χ1) is 10.2. The van der Waals surface area contributed by atoms with E-state index in [1.807, 2.05) is 0 Å². The Kier molecular flexibility index (Phi) is 5.70. The molecule has 1 aromatic carbocycles. The standard InChI is InChI=1S/C16H23FN2O2/c1-3-4-5-14-16(20)19(10-11-21-2)15(18-14)12-6-8-13(17)9-7-12/h6-9,14-15,18H,3-5,10-11H2,1-2H3. The third-order valence-electron chi connectivity index (χ3n) is 3.82. The van der Waals surface area contributed by atoms with Crippen molar-refractivity contribution in [1.82, 2.24) is 10.2 Å². The van der Waals surface area contributed by atoms with Crippen LogP contribution in [0.4, 0.5) is 4.39 Å². The van der Waals surface area contributed by atoms with Crippen LogP contribution in [0.25, 0.3) is 0 Å². The van der Waals surface area contributed by atoms with E-state index in [-0.39, 0.29) is 23.9 Å². The molecule has 2 unspecified atom stereocenters. The number of nitrogens with zero attached hydrogens (tertiary/aromatic N) is 1. The third-order valence-corrected chi connectivity index (χ3v) is 3.82. The van der Waals surface area contributed by atoms with Crippen LogP contribution in [0, 0.1) is 5.82 Å². The van der Waals surface area contributed by atoms with Gasteiger partial charge in [0.2, 0.25) is 5.91 Å². The Balaban J connectivity index is 2.15. The van der Waals surface area contributed by atoms with Crippen LogP contribution in [0.5, 0.6) is 0 Å². The summed E-state index contributed by atoms with van der Waals surface area (Å²) in [7, 11) is 1.62. The number of halogens is 1. The van der Waals surface area contributed by atoms with E-state index < -0.39 is 0 Å². The third kappa shape index (κ3) is 3.80. The lowest BCUT2D eigenvalue weighted by Gasteiger charge is -2.24. The van der Waals surface area contributed by atoms with E-state index in [4.69, 9.17) is 4.74 Å². The molecule has 2 rings (SSSR count). The smallest absolute Gasteiger partial charge is 0.241 e. The number of benzene rings is 1. The van der Waals surface area contributed by atoms with Crippen molar-refractivity contribution in [3.8, 4) is 0 Å². The average Bonchev–Trinajstić information content (AvgIpc) is 2.80. The SMILES string of the molecule is CCCCC1NC(c2ccc(F)cc2)N(CCOC)C1=O. The van der Waals surface area contributed by atoms with Gasteiger partial charge in [-0.1, -0.05) is 31.9 Å². The van der Waals surface area contributed by atoms with Crippen molar-refractivity contribution in [2.24, 2.45) is 0 Å². The molecule has 1 aromatic rings. The van der Waals surface area contributed by atoms with Crippen LogP contribution in [-0.4, -0.2) is 37.1 Å². The summed E-state index contributed by atoms with van der Waals surface area (Å²) in [5.74, 6) is -0.163. The van der Waals surface area contributed by atoms with Gasteiger partial charge in [-0.25, -0.2) is 4.39 Å². The minimum atomic E-state index is -0.269. The van der Waals surface area contributed by atoms with Gasteiger partial charge in [-0.15, -0.1) is 0 Å². The largest absolute Gasteiger partial charge is 0.383 e. The molecule has 1 fully saturated rings. The zero-order chi connectivity index (χ0) is 15.2. The molecule has 0 bridgehead atoms. The van der Waals surface area contributed by atoms with Gasteiger partial charge in [-0.05, 0) is 24.1 Å². The quantitative estimate of drug-likeness (QED) is 0.840. The van der Waals surface area contributed by atoms with Crippen LogP contribution in [0.1, 0.15) is 37.9 Å². The molecule has 0 radical (unpaired) electrons. The summed E-state index contributed by atoms with van der Waals surface area (Å²) in [6.07, 6.45) is 2.70. The van der Waals surface area contributed by atoms with Crippen LogP contribution < -0.4 is 5.32 Å². The van der Waals surface area contributed by atoms with Crippen LogP contribution in [-0.2, 0) is 9.53 Å². The highest BCUT2D eigenvalue weighted by Gasteiger charge is 2.38. The molecule has 1 N–H and O–H groups in total. The van der Waals surface area contributed by atoms with Gasteiger partial charge >= 0.3 is 0 Å². The van der Waals surface area contributed by atoms with Gasteiger partial charge in [-0.3, -0.25) is 10.1 Å². The van der Waals surface area contributed by atoms with Crippen LogP contribution in [0.3, 0.4) is 0 Å². The first-order valence-corrected chi connectivity index (χ1v) is 7.48. The maximum atomic E-state index is 13.1. The maximum Gasteiger partial charge on any atom is 0.241 e. The van der Waals surface area contributed by atoms with Crippen molar-refractivity contribution in [1.29, 1.82) is 0 Å². The second-order valence-corrected chi connectivity index (χ2v) is 5.34. The number of carbonyl (C=O) groups excluding carboxylic acids is 1. The van der Waals surface area contributed by atoms with E-state index >= 15 is 0 Å². The van der Waals surface area contributed by atoms with Crippen molar-refractivity contribution < 1.29 is 13.9 Å². The summed E-state index contributed by atoms with van der Waals surface area (Å²) in [5.41, 5.74) is 0.903. The lowest BCUT2D eigenvalue weighted by atomic mass is 10.1. The number of amides is 1. The number of hydrogen-bond acceptors (Lipinski definition) is 3. The highest BCUT2D eigenvalue weighted by molar-refractivity contribution is 5.84. The predicted octanol–water partition coefficient (Wildman–Crippen LogP) is 2.46. The molecule has 1 aliphatic heterocycles. The molecule has 4 nitrogen and oxygen atoms in total. The number of unbranched alkanes of at least 4 members (excludes halogenated alkanes) is 1. The fraction of sp³-hybridized carbons (Fsp3) is 0.562. The topological polar surface area (TPSA) is 41.6 Å². The molecule has 5 heteroatoms. The molecule has 0 aromatic heterocycles. The predicted molar refractivity (Wildman–Crippen MR) is 79.2 cm³/mol. The van der Waals surface area contributed by atoms with E-state index in [1.54, 1.807) is 24.1 Å². The van der Waals surface area contributed by atoms with Crippen LogP contribution >= 0.6 is 0 Å². The molecule has 0 aliphatic carbocycles. The van der Waals surface area contributed by atoms with Gasteiger partial charge in [0.1, 0.15) is 12.0 Å². The van der Waals surface area contributed by atoms with Gasteiger partial charge in [0, 0.05) is 13.7 Å². The molecule has 2 atom stereocenters. The first kappa shape index (κ1) is 15.9. The molecular weight excluding hydrogens is 271 g/mol. The van der Waals surface area contributed by atoms with Crippen molar-refractivity contribution in [3.05, 3.63) is 35.6 Å². The number of ether oxygens (including phenoxy) is 1. The highest BCUT2D eigenvalue weighted by atomic mass is 19.1. The Morgan fingerprint density at radius 2 is 2.05 bits per heavy atom. The minimum absolute atomic E-state index is 0.106. The minimum Gasteiger partial charge on any atom is -0.383 e. The maximum absolute atomic E-state index is 13.1. The lowest BCUT2D eigenvalue weighted by Crippen LogP contribution is -2.33. The Morgan fingerprint density at radius 3 is 2.67 bits per heavy atom. The van der Waals surface area contributed by atoms with Gasteiger partial charge < -0.3 is 9.64 Å². The monoisotopic (exact) mass is 294 g/mol. The summed E-state index contributed by atoms with van der Waals surface area (Å²) in [6, 6.07) is 6.15. The Labute approximate surface area is 125 Å². The summed E-state index contributed by atoms with van der Waals surface area (Å²) in [4.78, 5) is 14.3. The lowest BCUT2D eigenvalue weighted by molar-refractivity contribution is -0.130. The fourth-order valence-electron chi connectivity index (χ4n) is 2.64. The highest BCUT2D eigenvalue weighted by Crippen LogP contribution is 2.27. The summed E-state index contributed by atoms with van der Waals surface area (Å²) < 4.78 is 18.2. The molecular formula is C16H23FN2O2. The molecule has 21 heavy (non-hydrogen) atoms. The van der Waals surface area contributed by atoms with E-state index in [0.29, 0.717) is 13.2 Å². The van der Waals surface area contributed by atoms with Gasteiger partial charge in [0.25, 0.3) is 0 Å². The Morgan fingerprint density at radius 1 is 1.33 bits per heavy atom. The van der Waals surface area contributed by atoms with E-state index in [1.165, 1.54) is 12.1 Å². The molecule has 1 amide bonds. The fourth-order valence-corrected chi connectivity index (χ4v) is 2.64. The molecule has 116 valence electrons. The number of carbonyl (C=O) groups is 1. The second-order valence-electron chi connectivity index (χ2n) is 5.34. The first-order valence-electron chi connectivity index (χ1n) is 7.48. The van der Waals surface area contributed by atoms with Crippen molar-refractivity contribution in [2.45, 2.75) is 38.4 Å².